The molecule has 1 unspecified atom stereocenters. The summed E-state index contributed by atoms with van der Waals surface area (Å²) in [5, 5.41) is 4.93. The van der Waals surface area contributed by atoms with E-state index >= 15 is 0 Å². The number of halogens is 5. The van der Waals surface area contributed by atoms with Crippen molar-refractivity contribution in [3.05, 3.63) is 99.5 Å². The lowest BCUT2D eigenvalue weighted by atomic mass is 10.1. The van der Waals surface area contributed by atoms with Crippen molar-refractivity contribution in [2.45, 2.75) is 12.3 Å². The molecule has 182 valence electrons. The fourth-order valence-corrected chi connectivity index (χ4v) is 3.22. The molecule has 0 fully saturated rings. The number of amides is 2. The average molecular weight is 525 g/mol. The lowest BCUT2D eigenvalue weighted by Gasteiger charge is -2.19. The highest BCUT2D eigenvalue weighted by molar-refractivity contribution is 6.33. The van der Waals surface area contributed by atoms with Gasteiger partial charge in [-0.2, -0.15) is 13.2 Å². The van der Waals surface area contributed by atoms with Crippen LogP contribution in [0, 0.1) is 0 Å². The monoisotopic (exact) mass is 524 g/mol. The Balaban J connectivity index is 1.74. The number of carbonyl (C=O) groups is 3. The van der Waals surface area contributed by atoms with Gasteiger partial charge in [-0.3, -0.25) is 14.4 Å². The maximum atomic E-state index is 13.1. The quantitative estimate of drug-likeness (QED) is 0.390. The van der Waals surface area contributed by atoms with Crippen molar-refractivity contribution in [3.63, 3.8) is 0 Å². The molecule has 1 atom stereocenters. The van der Waals surface area contributed by atoms with Crippen LogP contribution in [0.25, 0.3) is 0 Å². The molecule has 2 amide bonds. The largest absolute Gasteiger partial charge is 0.446 e. The molecule has 6 nitrogen and oxygen atoms in total. The van der Waals surface area contributed by atoms with Gasteiger partial charge in [0, 0.05) is 16.1 Å². The lowest BCUT2D eigenvalue weighted by Crippen LogP contribution is -2.33. The van der Waals surface area contributed by atoms with Crippen LogP contribution < -0.4 is 10.6 Å². The molecule has 0 saturated heterocycles. The molecule has 0 spiro atoms. The van der Waals surface area contributed by atoms with Crippen molar-refractivity contribution in [1.82, 2.24) is 5.32 Å². The highest BCUT2D eigenvalue weighted by Crippen LogP contribution is 2.34. The maximum absolute atomic E-state index is 13.1. The number of rotatable bonds is 7. The van der Waals surface area contributed by atoms with Gasteiger partial charge in [-0.1, -0.05) is 53.5 Å². The van der Waals surface area contributed by atoms with Gasteiger partial charge in [-0.05, 0) is 42.5 Å². The molecule has 0 aliphatic rings. The summed E-state index contributed by atoms with van der Waals surface area (Å²) < 4.78 is 44.4. The highest BCUT2D eigenvalue weighted by Gasteiger charge is 2.32. The summed E-state index contributed by atoms with van der Waals surface area (Å²) in [6, 6.07) is 16.2. The third-order valence-electron chi connectivity index (χ3n) is 4.64. The molecule has 0 heterocycles. The molecule has 0 aromatic heterocycles. The number of hydrogen-bond donors (Lipinski definition) is 2. The molecule has 2 N–H and O–H groups in total. The molecule has 3 rings (SSSR count). The van der Waals surface area contributed by atoms with Gasteiger partial charge in [0.05, 0.1) is 16.3 Å². The smallest absolute Gasteiger partial charge is 0.416 e. The van der Waals surface area contributed by atoms with E-state index in [0.717, 1.165) is 12.1 Å². The Morgan fingerprint density at radius 2 is 1.57 bits per heavy atom. The van der Waals surface area contributed by atoms with Crippen LogP contribution in [0.1, 0.15) is 27.6 Å². The minimum Gasteiger partial charge on any atom is -0.446 e. The van der Waals surface area contributed by atoms with E-state index in [1.807, 2.05) is 0 Å². The zero-order valence-corrected chi connectivity index (χ0v) is 19.2. The fourth-order valence-electron chi connectivity index (χ4n) is 2.93. The molecule has 0 bridgehead atoms. The van der Waals surface area contributed by atoms with Crippen LogP contribution in [0.5, 0.6) is 0 Å². The Labute approximate surface area is 208 Å². The molecule has 0 aliphatic heterocycles. The Bertz CT molecular complexity index is 1220. The Kier molecular flexibility index (Phi) is 8.37. The Morgan fingerprint density at radius 3 is 2.20 bits per heavy atom. The number of esters is 1. The standard InChI is InChI=1S/C24H17Cl2F3N2O4/c25-17-9-6-15(7-10-17)22(33)30-13-20(32)35-21(14-4-2-1-3-5-14)23(34)31-19-12-16(24(27,28)29)8-11-18(19)26/h1-12,21H,13H2,(H,30,33)(H,31,34). The van der Waals surface area contributed by atoms with Crippen molar-refractivity contribution in [3.8, 4) is 0 Å². The first-order chi connectivity index (χ1) is 16.5. The number of anilines is 1. The Morgan fingerprint density at radius 1 is 0.914 bits per heavy atom. The highest BCUT2D eigenvalue weighted by atomic mass is 35.5. The molecule has 3 aromatic rings. The van der Waals surface area contributed by atoms with Crippen molar-refractivity contribution in [1.29, 1.82) is 0 Å². The molecule has 3 aromatic carbocycles. The van der Waals surface area contributed by atoms with Crippen LogP contribution in [-0.4, -0.2) is 24.3 Å². The van der Waals surface area contributed by atoms with E-state index in [2.05, 4.69) is 10.6 Å². The van der Waals surface area contributed by atoms with Crippen molar-refractivity contribution < 1.29 is 32.3 Å². The first-order valence-electron chi connectivity index (χ1n) is 10.0. The van der Waals surface area contributed by atoms with Gasteiger partial charge in [-0.25, -0.2) is 0 Å². The summed E-state index contributed by atoms with van der Waals surface area (Å²) in [4.78, 5) is 37.5. The summed E-state index contributed by atoms with van der Waals surface area (Å²) in [5.41, 5.74) is -0.820. The number of alkyl halides is 3. The summed E-state index contributed by atoms with van der Waals surface area (Å²) in [5.74, 6) is -2.46. The number of nitrogens with one attached hydrogen (secondary N) is 2. The third-order valence-corrected chi connectivity index (χ3v) is 5.22. The van der Waals surface area contributed by atoms with E-state index in [1.54, 1.807) is 18.2 Å². The molecule has 11 heteroatoms. The third kappa shape index (κ3) is 7.21. The average Bonchev–Trinajstić information content (AvgIpc) is 2.82. The van der Waals surface area contributed by atoms with Gasteiger partial charge in [0.15, 0.2) is 0 Å². The fraction of sp³-hybridized carbons (Fsp3) is 0.125. The van der Waals surface area contributed by atoms with Crippen LogP contribution in [0.4, 0.5) is 18.9 Å². The minimum absolute atomic E-state index is 0.139. The van der Waals surface area contributed by atoms with Crippen LogP contribution in [-0.2, 0) is 20.5 Å². The van der Waals surface area contributed by atoms with Gasteiger partial charge in [0.1, 0.15) is 6.54 Å². The van der Waals surface area contributed by atoms with Crippen LogP contribution in [0.15, 0.2) is 72.8 Å². The second-order valence-corrected chi connectivity index (χ2v) is 8.00. The molecular formula is C24H17Cl2F3N2O4. The summed E-state index contributed by atoms with van der Waals surface area (Å²) in [6.07, 6.45) is -6.18. The zero-order chi connectivity index (χ0) is 25.6. The van der Waals surface area contributed by atoms with Gasteiger partial charge in [0.2, 0.25) is 6.10 Å². The number of hydrogen-bond acceptors (Lipinski definition) is 4. The summed E-state index contributed by atoms with van der Waals surface area (Å²) in [6.45, 7) is -0.567. The molecular weight excluding hydrogens is 508 g/mol. The molecule has 0 saturated carbocycles. The SMILES string of the molecule is O=C(CNC(=O)c1ccc(Cl)cc1)OC(C(=O)Nc1cc(C(F)(F)F)ccc1Cl)c1ccccc1. The topological polar surface area (TPSA) is 84.5 Å². The second-order valence-electron chi connectivity index (χ2n) is 7.15. The predicted molar refractivity (Wildman–Crippen MR) is 124 cm³/mol. The summed E-state index contributed by atoms with van der Waals surface area (Å²) in [7, 11) is 0. The van der Waals surface area contributed by atoms with Crippen LogP contribution in [0.3, 0.4) is 0 Å². The molecule has 0 aliphatic carbocycles. The summed E-state index contributed by atoms with van der Waals surface area (Å²) >= 11 is 11.7. The normalized spacial score (nSPS) is 11.9. The van der Waals surface area contributed by atoms with Crippen molar-refractivity contribution >= 4 is 46.7 Å². The second kappa shape index (κ2) is 11.2. The van der Waals surface area contributed by atoms with E-state index < -0.39 is 42.2 Å². The van der Waals surface area contributed by atoms with Gasteiger partial charge in [-0.15, -0.1) is 0 Å². The zero-order valence-electron chi connectivity index (χ0n) is 17.7. The van der Waals surface area contributed by atoms with E-state index in [-0.39, 0.29) is 21.8 Å². The first kappa shape index (κ1) is 26.1. The number of carbonyl (C=O) groups excluding carboxylic acids is 3. The first-order valence-corrected chi connectivity index (χ1v) is 10.8. The minimum atomic E-state index is -4.66. The lowest BCUT2D eigenvalue weighted by molar-refractivity contribution is -0.153. The van der Waals surface area contributed by atoms with E-state index in [0.29, 0.717) is 11.1 Å². The van der Waals surface area contributed by atoms with Crippen molar-refractivity contribution in [2.24, 2.45) is 0 Å². The van der Waals surface area contributed by atoms with Gasteiger partial charge < -0.3 is 15.4 Å². The van der Waals surface area contributed by atoms with Gasteiger partial charge >= 0.3 is 12.1 Å². The number of ether oxygens (including phenoxy) is 1. The van der Waals surface area contributed by atoms with Crippen molar-refractivity contribution in [2.75, 3.05) is 11.9 Å². The van der Waals surface area contributed by atoms with Crippen LogP contribution >= 0.6 is 23.2 Å². The Hall–Kier alpha value is -3.56. The molecule has 0 radical (unpaired) electrons. The van der Waals surface area contributed by atoms with E-state index in [1.165, 1.54) is 36.4 Å². The van der Waals surface area contributed by atoms with Gasteiger partial charge in [0.25, 0.3) is 11.8 Å². The molecule has 35 heavy (non-hydrogen) atoms. The predicted octanol–water partition coefficient (Wildman–Crippen LogP) is 5.67. The van der Waals surface area contributed by atoms with E-state index in [9.17, 15) is 27.6 Å². The van der Waals surface area contributed by atoms with Crippen LogP contribution in [0.2, 0.25) is 10.0 Å². The number of benzene rings is 3. The maximum Gasteiger partial charge on any atom is 0.416 e. The van der Waals surface area contributed by atoms with E-state index in [4.69, 9.17) is 27.9 Å².